The van der Waals surface area contributed by atoms with Gasteiger partial charge in [0, 0.05) is 6.20 Å². The van der Waals surface area contributed by atoms with Crippen LogP contribution in [-0.2, 0) is 0 Å². The number of halogens is 1. The molecule has 1 nitrogen and oxygen atoms in total. The first-order valence-corrected chi connectivity index (χ1v) is 2.08. The van der Waals surface area contributed by atoms with Crippen molar-refractivity contribution in [3.8, 4) is 0 Å². The van der Waals surface area contributed by atoms with Crippen LogP contribution in [0.2, 0.25) is 0 Å². The maximum atomic E-state index is 5.04. The highest BCUT2D eigenvalue weighted by Gasteiger charge is 1.50. The van der Waals surface area contributed by atoms with Gasteiger partial charge in [-0.05, 0) is 6.92 Å². The first kappa shape index (κ1) is 5.70. The van der Waals surface area contributed by atoms with Gasteiger partial charge in [0.25, 0.3) is 0 Å². The Kier molecular flexibility index (Phi) is 4.47. The Bertz CT molecular complexity index is 55.9. The molecule has 0 saturated carbocycles. The van der Waals surface area contributed by atoms with Gasteiger partial charge >= 0.3 is 0 Å². The minimum absolute atomic E-state index is 1.22. The van der Waals surface area contributed by atoms with Crippen LogP contribution in [0.1, 0.15) is 6.92 Å². The van der Waals surface area contributed by atoms with Crippen LogP contribution < -0.4 is 0 Å². The molecule has 0 bridgehead atoms. The Balaban J connectivity index is 3.07. The van der Waals surface area contributed by atoms with E-state index in [1.165, 1.54) is 5.67 Å². The van der Waals surface area contributed by atoms with Crippen LogP contribution in [0.5, 0.6) is 0 Å². The van der Waals surface area contributed by atoms with Gasteiger partial charge in [-0.15, -0.1) is 0 Å². The van der Waals surface area contributed by atoms with Gasteiger partial charge in [-0.1, -0.05) is 17.7 Å². The Labute approximate surface area is 42.3 Å². The second-order valence-electron chi connectivity index (χ2n) is 0.729. The average molecular weight is 104 g/mol. The van der Waals surface area contributed by atoms with E-state index in [0.717, 1.165) is 0 Å². The number of nitrogens with zero attached hydrogens (tertiary/aromatic N) is 1. The van der Waals surface area contributed by atoms with Gasteiger partial charge in [0.2, 0.25) is 0 Å². The van der Waals surface area contributed by atoms with E-state index in [-0.39, 0.29) is 0 Å². The van der Waals surface area contributed by atoms with Crippen LogP contribution >= 0.6 is 11.6 Å². The van der Waals surface area contributed by atoms with Gasteiger partial charge in [0.05, 0.1) is 5.67 Å². The highest BCUT2D eigenvalue weighted by atomic mass is 35.5. The van der Waals surface area contributed by atoms with Gasteiger partial charge in [0.1, 0.15) is 0 Å². The molecule has 0 aliphatic carbocycles. The third-order valence-corrected chi connectivity index (χ3v) is 0.404. The number of allylic oxidation sites excluding steroid dienone is 1. The number of rotatable bonds is 1. The monoisotopic (exact) mass is 103 g/mol. The number of aliphatic imine (C=N–C) groups is 1. The smallest absolute Gasteiger partial charge is 0.0926 e. The van der Waals surface area contributed by atoms with Crippen LogP contribution in [0.25, 0.3) is 0 Å². The first-order chi connectivity index (χ1) is 2.91. The molecule has 0 unspecified atom stereocenters. The average Bonchev–Trinajstić information content (AvgIpc) is 1.61. The van der Waals surface area contributed by atoms with Crippen molar-refractivity contribution in [3.05, 3.63) is 12.3 Å². The number of hydrogen-bond acceptors (Lipinski definition) is 1. The molecule has 0 amide bonds. The molecule has 0 heterocycles. The van der Waals surface area contributed by atoms with Crippen LogP contribution in [0.15, 0.2) is 17.3 Å². The van der Waals surface area contributed by atoms with Crippen molar-refractivity contribution in [2.45, 2.75) is 6.92 Å². The summed E-state index contributed by atoms with van der Waals surface area (Å²) in [5.74, 6) is 0. The molecular weight excluding hydrogens is 97.5 g/mol. The largest absolute Gasteiger partial charge is 0.253 e. The standard InChI is InChI=1S/C4H6ClN/c1-2-3-6-4-5/h2-4H,1H3/b3-2+,6-4?. The van der Waals surface area contributed by atoms with Crippen molar-refractivity contribution in [3.63, 3.8) is 0 Å². The molecule has 6 heavy (non-hydrogen) atoms. The molecule has 0 fully saturated rings. The Morgan fingerprint density at radius 1 is 1.67 bits per heavy atom. The molecule has 0 aliphatic heterocycles. The van der Waals surface area contributed by atoms with E-state index < -0.39 is 0 Å². The minimum Gasteiger partial charge on any atom is -0.253 e. The van der Waals surface area contributed by atoms with Gasteiger partial charge in [-0.25, -0.2) is 0 Å². The topological polar surface area (TPSA) is 12.4 Å². The van der Waals surface area contributed by atoms with Crippen molar-refractivity contribution in [2.75, 3.05) is 0 Å². The van der Waals surface area contributed by atoms with Crippen molar-refractivity contribution < 1.29 is 0 Å². The normalized spacial score (nSPS) is 11.7. The van der Waals surface area contributed by atoms with E-state index in [1.54, 1.807) is 12.3 Å². The van der Waals surface area contributed by atoms with Crippen LogP contribution in [0.3, 0.4) is 0 Å². The van der Waals surface area contributed by atoms with Crippen LogP contribution in [-0.4, -0.2) is 5.67 Å². The fraction of sp³-hybridized carbons (Fsp3) is 0.250. The molecule has 0 aliphatic rings. The lowest BCUT2D eigenvalue weighted by Gasteiger charge is -1.62. The summed E-state index contributed by atoms with van der Waals surface area (Å²) in [6.07, 6.45) is 3.42. The van der Waals surface area contributed by atoms with Crippen molar-refractivity contribution in [2.24, 2.45) is 4.99 Å². The van der Waals surface area contributed by atoms with E-state index in [0.29, 0.717) is 0 Å². The van der Waals surface area contributed by atoms with E-state index in [1.807, 2.05) is 6.92 Å². The maximum Gasteiger partial charge on any atom is 0.0926 e. The first-order valence-electron chi connectivity index (χ1n) is 1.65. The third-order valence-electron chi connectivity index (χ3n) is 0.291. The van der Waals surface area contributed by atoms with Crippen molar-refractivity contribution in [1.82, 2.24) is 0 Å². The summed E-state index contributed by atoms with van der Waals surface area (Å²) in [6.45, 7) is 1.88. The Morgan fingerprint density at radius 3 is 2.50 bits per heavy atom. The van der Waals surface area contributed by atoms with E-state index in [2.05, 4.69) is 4.99 Å². The molecule has 0 saturated heterocycles. The molecule has 0 aromatic heterocycles. The highest BCUT2D eigenvalue weighted by molar-refractivity contribution is 6.56. The summed E-state index contributed by atoms with van der Waals surface area (Å²) in [5.41, 5.74) is 1.22. The maximum absolute atomic E-state index is 5.04. The lowest BCUT2D eigenvalue weighted by atomic mass is 10.7. The molecule has 0 atom stereocenters. The van der Waals surface area contributed by atoms with Gasteiger partial charge in [-0.2, -0.15) is 0 Å². The summed E-state index contributed by atoms with van der Waals surface area (Å²) < 4.78 is 0. The zero-order valence-corrected chi connectivity index (χ0v) is 4.31. The van der Waals surface area contributed by atoms with Gasteiger partial charge < -0.3 is 0 Å². The summed E-state index contributed by atoms with van der Waals surface area (Å²) in [6, 6.07) is 0. The van der Waals surface area contributed by atoms with Gasteiger partial charge in [0.15, 0.2) is 0 Å². The third kappa shape index (κ3) is 3.70. The molecule has 0 aromatic carbocycles. The van der Waals surface area contributed by atoms with Gasteiger partial charge in [-0.3, -0.25) is 4.99 Å². The van der Waals surface area contributed by atoms with Crippen LogP contribution in [0, 0.1) is 0 Å². The van der Waals surface area contributed by atoms with Crippen LogP contribution in [0.4, 0.5) is 0 Å². The second-order valence-corrected chi connectivity index (χ2v) is 0.924. The lowest BCUT2D eigenvalue weighted by Crippen LogP contribution is -1.45. The van der Waals surface area contributed by atoms with Crippen molar-refractivity contribution in [1.29, 1.82) is 0 Å². The van der Waals surface area contributed by atoms with Crippen molar-refractivity contribution >= 4 is 17.3 Å². The summed E-state index contributed by atoms with van der Waals surface area (Å²) >= 11 is 5.04. The summed E-state index contributed by atoms with van der Waals surface area (Å²) in [7, 11) is 0. The molecule has 0 radical (unpaired) electrons. The summed E-state index contributed by atoms with van der Waals surface area (Å²) in [5, 5.41) is 0. The molecular formula is C4H6ClN. The quantitative estimate of drug-likeness (QED) is 0.449. The Morgan fingerprint density at radius 2 is 2.33 bits per heavy atom. The molecule has 2 heteroatoms. The summed E-state index contributed by atoms with van der Waals surface area (Å²) in [4.78, 5) is 3.55. The fourth-order valence-electron chi connectivity index (χ4n) is 0.119. The Hall–Kier alpha value is -0.300. The molecule has 0 spiro atoms. The zero-order valence-electron chi connectivity index (χ0n) is 3.56. The van der Waals surface area contributed by atoms with E-state index in [9.17, 15) is 0 Å². The van der Waals surface area contributed by atoms with E-state index >= 15 is 0 Å². The predicted molar refractivity (Wildman–Crippen MR) is 29.2 cm³/mol. The zero-order chi connectivity index (χ0) is 4.83. The second kappa shape index (κ2) is 4.70. The van der Waals surface area contributed by atoms with E-state index in [4.69, 9.17) is 11.6 Å². The molecule has 0 rings (SSSR count). The predicted octanol–water partition coefficient (Wildman–Crippen LogP) is 1.79. The molecule has 34 valence electrons. The SMILES string of the molecule is C/C=C/N=CCl. The minimum atomic E-state index is 1.22. The molecule has 0 N–H and O–H groups in total. The number of hydrogen-bond donors (Lipinski definition) is 0. The lowest BCUT2D eigenvalue weighted by molar-refractivity contribution is 1.56. The highest BCUT2D eigenvalue weighted by Crippen LogP contribution is 1.70. The fourth-order valence-corrected chi connectivity index (χ4v) is 0.184. The molecule has 0 aromatic rings.